The summed E-state index contributed by atoms with van der Waals surface area (Å²) in [6, 6.07) is 15.5. The highest BCUT2D eigenvalue weighted by Crippen LogP contribution is 2.61. The summed E-state index contributed by atoms with van der Waals surface area (Å²) in [4.78, 5) is 1.96. The molecule has 1 unspecified atom stereocenters. The summed E-state index contributed by atoms with van der Waals surface area (Å²) in [6.45, 7) is 0. The molecule has 5 heteroatoms. The summed E-state index contributed by atoms with van der Waals surface area (Å²) < 4.78 is 9.64. The summed E-state index contributed by atoms with van der Waals surface area (Å²) in [5, 5.41) is 0. The van der Waals surface area contributed by atoms with Crippen LogP contribution in [-0.2, 0) is 0 Å². The average Bonchev–Trinajstić information content (AvgIpc) is 3.09. The molecule has 2 aromatic rings. The Labute approximate surface area is 134 Å². The lowest BCUT2D eigenvalue weighted by atomic mass is 10.1. The molecule has 0 bridgehead atoms. The summed E-state index contributed by atoms with van der Waals surface area (Å²) >= 11 is 12.9. The first-order valence-corrected chi connectivity index (χ1v) is 7.29. The number of benzene rings is 2. The van der Waals surface area contributed by atoms with Gasteiger partial charge in [-0.1, -0.05) is 47.5 Å². The Balaban J connectivity index is 1.94. The van der Waals surface area contributed by atoms with Crippen LogP contribution in [0.25, 0.3) is 0 Å². The molecule has 0 amide bonds. The van der Waals surface area contributed by atoms with Crippen molar-refractivity contribution < 1.29 is 9.47 Å². The van der Waals surface area contributed by atoms with Crippen LogP contribution in [0, 0.1) is 0 Å². The fourth-order valence-electron chi connectivity index (χ4n) is 2.53. The topological polar surface area (TPSA) is 21.5 Å². The first-order valence-electron chi connectivity index (χ1n) is 6.53. The minimum Gasteiger partial charge on any atom is -0.493 e. The molecular weight excluding hydrogens is 309 g/mol. The smallest absolute Gasteiger partial charge is 0.215 e. The number of anilines is 1. The summed E-state index contributed by atoms with van der Waals surface area (Å²) in [7, 11) is 3.22. The molecule has 0 N–H and O–H groups in total. The zero-order chi connectivity index (χ0) is 15.0. The van der Waals surface area contributed by atoms with Gasteiger partial charge in [-0.2, -0.15) is 0 Å². The van der Waals surface area contributed by atoms with Gasteiger partial charge in [0.15, 0.2) is 11.5 Å². The number of halogens is 2. The lowest BCUT2D eigenvalue weighted by molar-refractivity contribution is 0.354. The minimum absolute atomic E-state index is 0.108. The van der Waals surface area contributed by atoms with Crippen LogP contribution in [0.2, 0.25) is 0 Å². The number of hydrogen-bond donors (Lipinski definition) is 0. The molecule has 1 heterocycles. The lowest BCUT2D eigenvalue weighted by Crippen LogP contribution is -2.00. The van der Waals surface area contributed by atoms with Crippen LogP contribution in [0.5, 0.6) is 11.5 Å². The van der Waals surface area contributed by atoms with Crippen molar-refractivity contribution in [3.05, 3.63) is 54.1 Å². The Morgan fingerprint density at radius 1 is 0.952 bits per heavy atom. The third kappa shape index (κ3) is 2.41. The van der Waals surface area contributed by atoms with Gasteiger partial charge in [0, 0.05) is 5.69 Å². The molecule has 1 fully saturated rings. The van der Waals surface area contributed by atoms with E-state index in [-0.39, 0.29) is 6.04 Å². The molecule has 3 rings (SSSR count). The molecule has 1 saturated heterocycles. The van der Waals surface area contributed by atoms with Gasteiger partial charge in [-0.05, 0) is 29.8 Å². The predicted octanol–water partition coefficient (Wildman–Crippen LogP) is 4.40. The van der Waals surface area contributed by atoms with Crippen LogP contribution in [0.3, 0.4) is 0 Å². The molecule has 0 radical (unpaired) electrons. The maximum absolute atomic E-state index is 6.43. The quantitative estimate of drug-likeness (QED) is 0.473. The van der Waals surface area contributed by atoms with E-state index in [9.17, 15) is 0 Å². The van der Waals surface area contributed by atoms with E-state index in [1.807, 2.05) is 53.4 Å². The second-order valence-corrected chi connectivity index (χ2v) is 6.16. The van der Waals surface area contributed by atoms with Crippen molar-refractivity contribution in [2.45, 2.75) is 10.5 Å². The number of para-hydroxylation sites is 1. The van der Waals surface area contributed by atoms with Crippen molar-refractivity contribution >= 4 is 28.9 Å². The van der Waals surface area contributed by atoms with Gasteiger partial charge in [-0.15, -0.1) is 0 Å². The molecular formula is C16H15Cl2NO2. The van der Waals surface area contributed by atoms with Crippen LogP contribution in [-0.4, -0.2) is 18.7 Å². The summed E-state index contributed by atoms with van der Waals surface area (Å²) in [5.41, 5.74) is 1.98. The van der Waals surface area contributed by atoms with E-state index < -0.39 is 4.46 Å². The largest absolute Gasteiger partial charge is 0.493 e. The van der Waals surface area contributed by atoms with Crippen molar-refractivity contribution in [3.8, 4) is 11.5 Å². The Morgan fingerprint density at radius 3 is 2.24 bits per heavy atom. The Bertz CT molecular complexity index is 646. The third-order valence-corrected chi connectivity index (χ3v) is 4.38. The van der Waals surface area contributed by atoms with Crippen LogP contribution in [0.15, 0.2) is 48.5 Å². The number of nitrogens with zero attached hydrogens (tertiary/aromatic N) is 1. The van der Waals surface area contributed by atoms with Gasteiger partial charge in [0.05, 0.1) is 14.2 Å². The van der Waals surface area contributed by atoms with E-state index in [2.05, 4.69) is 0 Å². The van der Waals surface area contributed by atoms with Crippen molar-refractivity contribution in [1.29, 1.82) is 0 Å². The highest BCUT2D eigenvalue weighted by atomic mass is 35.5. The SMILES string of the molecule is COc1ccc(C2N(c3ccccc3)C2(Cl)Cl)cc1OC. The van der Waals surface area contributed by atoms with Crippen LogP contribution >= 0.6 is 23.2 Å². The number of ether oxygens (including phenoxy) is 2. The number of hydrogen-bond acceptors (Lipinski definition) is 3. The maximum atomic E-state index is 6.43. The maximum Gasteiger partial charge on any atom is 0.215 e. The van der Waals surface area contributed by atoms with Crippen molar-refractivity contribution in [2.75, 3.05) is 19.1 Å². The Hall–Kier alpha value is -1.58. The lowest BCUT2D eigenvalue weighted by Gasteiger charge is -2.09. The van der Waals surface area contributed by atoms with E-state index in [1.54, 1.807) is 14.2 Å². The van der Waals surface area contributed by atoms with Crippen LogP contribution in [0.4, 0.5) is 5.69 Å². The molecule has 0 spiro atoms. The summed E-state index contributed by atoms with van der Waals surface area (Å²) in [6.07, 6.45) is 0. The van der Waals surface area contributed by atoms with Gasteiger partial charge in [0.1, 0.15) is 6.04 Å². The van der Waals surface area contributed by atoms with Crippen molar-refractivity contribution in [3.63, 3.8) is 0 Å². The first-order chi connectivity index (χ1) is 10.1. The predicted molar refractivity (Wildman–Crippen MR) is 85.6 cm³/mol. The highest BCUT2D eigenvalue weighted by Gasteiger charge is 2.62. The van der Waals surface area contributed by atoms with E-state index in [0.29, 0.717) is 11.5 Å². The molecule has 1 aliphatic rings. The molecule has 110 valence electrons. The van der Waals surface area contributed by atoms with Crippen LogP contribution in [0.1, 0.15) is 11.6 Å². The standard InChI is InChI=1S/C16H15Cl2NO2/c1-20-13-9-8-11(10-14(13)21-2)15-16(17,18)19(15)12-6-4-3-5-7-12/h3-10,15H,1-2H3. The van der Waals surface area contributed by atoms with Gasteiger partial charge in [0.2, 0.25) is 4.46 Å². The van der Waals surface area contributed by atoms with Gasteiger partial charge in [0.25, 0.3) is 0 Å². The zero-order valence-electron chi connectivity index (χ0n) is 11.7. The van der Waals surface area contributed by atoms with Gasteiger partial charge in [-0.3, -0.25) is 0 Å². The van der Waals surface area contributed by atoms with E-state index >= 15 is 0 Å². The van der Waals surface area contributed by atoms with E-state index in [0.717, 1.165) is 11.3 Å². The molecule has 2 aromatic carbocycles. The monoisotopic (exact) mass is 323 g/mol. The molecule has 3 nitrogen and oxygen atoms in total. The zero-order valence-corrected chi connectivity index (χ0v) is 13.2. The second-order valence-electron chi connectivity index (χ2n) is 4.81. The second kappa shape index (κ2) is 5.32. The molecule has 1 aliphatic heterocycles. The normalized spacial score (nSPS) is 19.2. The Morgan fingerprint density at radius 2 is 1.62 bits per heavy atom. The van der Waals surface area contributed by atoms with E-state index in [4.69, 9.17) is 32.7 Å². The van der Waals surface area contributed by atoms with Crippen molar-refractivity contribution in [2.24, 2.45) is 0 Å². The van der Waals surface area contributed by atoms with Gasteiger partial charge < -0.3 is 14.4 Å². The minimum atomic E-state index is -0.943. The number of methoxy groups -OCH3 is 2. The van der Waals surface area contributed by atoms with Gasteiger partial charge in [-0.25, -0.2) is 0 Å². The first kappa shape index (κ1) is 14.4. The fourth-order valence-corrected chi connectivity index (χ4v) is 3.27. The summed E-state index contributed by atoms with van der Waals surface area (Å²) in [5.74, 6) is 1.35. The molecule has 0 aromatic heterocycles. The van der Waals surface area contributed by atoms with Gasteiger partial charge >= 0.3 is 0 Å². The fraction of sp³-hybridized carbons (Fsp3) is 0.250. The number of alkyl halides is 2. The Kier molecular flexibility index (Phi) is 3.64. The van der Waals surface area contributed by atoms with Crippen molar-refractivity contribution in [1.82, 2.24) is 0 Å². The molecule has 1 atom stereocenters. The highest BCUT2D eigenvalue weighted by molar-refractivity contribution is 6.53. The van der Waals surface area contributed by atoms with Crippen LogP contribution < -0.4 is 14.4 Å². The number of rotatable bonds is 4. The molecule has 0 aliphatic carbocycles. The molecule has 21 heavy (non-hydrogen) atoms. The molecule has 0 saturated carbocycles. The van der Waals surface area contributed by atoms with E-state index in [1.165, 1.54) is 0 Å². The average molecular weight is 324 g/mol. The third-order valence-electron chi connectivity index (χ3n) is 3.60.